The molecule has 2 aromatic carbocycles. The minimum atomic E-state index is -0.363. The molecule has 8 heteroatoms. The van der Waals surface area contributed by atoms with Gasteiger partial charge in [-0.2, -0.15) is 5.10 Å². The molecule has 1 fully saturated rings. The van der Waals surface area contributed by atoms with Crippen molar-refractivity contribution in [3.8, 4) is 5.75 Å². The van der Waals surface area contributed by atoms with Crippen LogP contribution in [0.3, 0.4) is 0 Å². The largest absolute Gasteiger partial charge is 0.496 e. The van der Waals surface area contributed by atoms with Gasteiger partial charge in [0.1, 0.15) is 12.3 Å². The van der Waals surface area contributed by atoms with Gasteiger partial charge in [-0.25, -0.2) is 5.01 Å². The summed E-state index contributed by atoms with van der Waals surface area (Å²) >= 11 is 6.45. The number of hydrogen-bond donors (Lipinski definition) is 0. The van der Waals surface area contributed by atoms with E-state index in [4.69, 9.17) is 26.2 Å². The standard InChI is InChI=1S/C26H30ClN3O4/c1-33-15-14-29(26(32)18-8-7-9-18)17-25(31)30-23(20-11-4-6-13-24(20)34-2)16-22(28-30)19-10-3-5-12-21(19)27/h3-6,10-13,18,23H,7-9,14-17H2,1-2H3/t23-/m0/s1. The van der Waals surface area contributed by atoms with Crippen molar-refractivity contribution in [2.45, 2.75) is 31.7 Å². The van der Waals surface area contributed by atoms with E-state index in [9.17, 15) is 9.59 Å². The quantitative estimate of drug-likeness (QED) is 0.533. The lowest BCUT2D eigenvalue weighted by molar-refractivity contribution is -0.146. The Hall–Kier alpha value is -2.90. The first kappa shape index (κ1) is 24.2. The van der Waals surface area contributed by atoms with E-state index in [1.807, 2.05) is 48.5 Å². The topological polar surface area (TPSA) is 71.4 Å². The van der Waals surface area contributed by atoms with E-state index in [0.29, 0.717) is 30.3 Å². The fraction of sp³-hybridized carbons (Fsp3) is 0.423. The Morgan fingerprint density at radius 1 is 1.12 bits per heavy atom. The van der Waals surface area contributed by atoms with Crippen molar-refractivity contribution in [2.75, 3.05) is 33.9 Å². The molecular formula is C26H30ClN3O4. The van der Waals surface area contributed by atoms with E-state index >= 15 is 0 Å². The van der Waals surface area contributed by atoms with Gasteiger partial charge in [0.05, 0.1) is 25.5 Å². The van der Waals surface area contributed by atoms with Crippen LogP contribution in [0.25, 0.3) is 0 Å². The van der Waals surface area contributed by atoms with Crippen LogP contribution >= 0.6 is 11.6 Å². The van der Waals surface area contributed by atoms with Crippen molar-refractivity contribution >= 4 is 29.1 Å². The van der Waals surface area contributed by atoms with Gasteiger partial charge in [0.25, 0.3) is 5.91 Å². The lowest BCUT2D eigenvalue weighted by Crippen LogP contribution is -2.46. The molecule has 0 N–H and O–H groups in total. The van der Waals surface area contributed by atoms with Gasteiger partial charge in [-0.05, 0) is 25.0 Å². The van der Waals surface area contributed by atoms with Crippen LogP contribution in [0.4, 0.5) is 0 Å². The first-order chi connectivity index (χ1) is 16.5. The molecule has 2 amide bonds. The SMILES string of the molecule is COCCN(CC(=O)N1N=C(c2ccccc2Cl)C[C@H]1c1ccccc1OC)C(=O)C1CCC1. The second kappa shape index (κ2) is 11.0. The maximum atomic E-state index is 13.6. The molecule has 1 saturated carbocycles. The van der Waals surface area contributed by atoms with Crippen molar-refractivity contribution in [1.82, 2.24) is 9.91 Å². The Balaban J connectivity index is 1.64. The van der Waals surface area contributed by atoms with Gasteiger partial charge >= 0.3 is 0 Å². The van der Waals surface area contributed by atoms with E-state index in [0.717, 1.165) is 36.1 Å². The van der Waals surface area contributed by atoms with Crippen LogP contribution in [-0.2, 0) is 14.3 Å². The molecule has 7 nitrogen and oxygen atoms in total. The van der Waals surface area contributed by atoms with Crippen LogP contribution in [0.2, 0.25) is 5.02 Å². The maximum Gasteiger partial charge on any atom is 0.262 e. The van der Waals surface area contributed by atoms with Crippen molar-refractivity contribution in [3.63, 3.8) is 0 Å². The zero-order valence-electron chi connectivity index (χ0n) is 19.6. The summed E-state index contributed by atoms with van der Waals surface area (Å²) in [6, 6.07) is 14.7. The Kier molecular flexibility index (Phi) is 7.85. The van der Waals surface area contributed by atoms with E-state index in [-0.39, 0.29) is 30.3 Å². The van der Waals surface area contributed by atoms with E-state index in [1.54, 1.807) is 19.1 Å². The summed E-state index contributed by atoms with van der Waals surface area (Å²) < 4.78 is 10.8. The van der Waals surface area contributed by atoms with Crippen LogP contribution in [-0.4, -0.2) is 61.4 Å². The zero-order valence-corrected chi connectivity index (χ0v) is 20.3. The van der Waals surface area contributed by atoms with Crippen LogP contribution in [0.15, 0.2) is 53.6 Å². The van der Waals surface area contributed by atoms with E-state index < -0.39 is 0 Å². The maximum absolute atomic E-state index is 13.6. The van der Waals surface area contributed by atoms with Gasteiger partial charge < -0.3 is 14.4 Å². The van der Waals surface area contributed by atoms with Crippen molar-refractivity contribution in [3.05, 3.63) is 64.7 Å². The Morgan fingerprint density at radius 2 is 1.85 bits per heavy atom. The molecule has 1 atom stereocenters. The minimum absolute atomic E-state index is 0.00423. The monoisotopic (exact) mass is 483 g/mol. The molecule has 0 unspecified atom stereocenters. The van der Waals surface area contributed by atoms with Crippen LogP contribution in [0, 0.1) is 5.92 Å². The molecule has 1 aliphatic heterocycles. The normalized spacial score (nSPS) is 17.8. The molecule has 0 radical (unpaired) electrons. The fourth-order valence-electron chi connectivity index (χ4n) is 4.40. The highest BCUT2D eigenvalue weighted by Crippen LogP contribution is 2.38. The first-order valence-corrected chi connectivity index (χ1v) is 12.0. The molecule has 34 heavy (non-hydrogen) atoms. The third kappa shape index (κ3) is 5.10. The number of hydrazone groups is 1. The van der Waals surface area contributed by atoms with Gasteiger partial charge in [0, 0.05) is 42.1 Å². The summed E-state index contributed by atoms with van der Waals surface area (Å²) in [5.74, 6) is 0.444. The number of methoxy groups -OCH3 is 2. The van der Waals surface area contributed by atoms with Gasteiger partial charge in [0.15, 0.2) is 0 Å². The molecule has 4 rings (SSSR count). The number of rotatable bonds is 9. The average molecular weight is 484 g/mol. The summed E-state index contributed by atoms with van der Waals surface area (Å²) in [6.45, 7) is 0.686. The van der Waals surface area contributed by atoms with E-state index in [1.165, 1.54) is 5.01 Å². The van der Waals surface area contributed by atoms with Gasteiger partial charge in [-0.1, -0.05) is 54.4 Å². The number of amides is 2. The molecular weight excluding hydrogens is 454 g/mol. The molecule has 2 aliphatic rings. The highest BCUT2D eigenvalue weighted by Gasteiger charge is 2.37. The van der Waals surface area contributed by atoms with Crippen LogP contribution < -0.4 is 4.74 Å². The molecule has 0 aromatic heterocycles. The minimum Gasteiger partial charge on any atom is -0.496 e. The highest BCUT2D eigenvalue weighted by atomic mass is 35.5. The third-order valence-corrected chi connectivity index (χ3v) is 6.84. The van der Waals surface area contributed by atoms with Crippen LogP contribution in [0.5, 0.6) is 5.75 Å². The summed E-state index contributed by atoms with van der Waals surface area (Å²) in [4.78, 5) is 28.2. The van der Waals surface area contributed by atoms with Gasteiger partial charge in [-0.15, -0.1) is 0 Å². The number of carbonyl (C=O) groups excluding carboxylic acids is 2. The highest BCUT2D eigenvalue weighted by molar-refractivity contribution is 6.34. The fourth-order valence-corrected chi connectivity index (χ4v) is 4.64. The van der Waals surface area contributed by atoms with Crippen molar-refractivity contribution < 1.29 is 19.1 Å². The molecule has 0 saturated heterocycles. The predicted molar refractivity (Wildman–Crippen MR) is 131 cm³/mol. The molecule has 0 bridgehead atoms. The average Bonchev–Trinajstić information content (AvgIpc) is 3.26. The number of benzene rings is 2. The van der Waals surface area contributed by atoms with Crippen molar-refractivity contribution in [2.24, 2.45) is 11.0 Å². The molecule has 2 aromatic rings. The summed E-state index contributed by atoms with van der Waals surface area (Å²) in [5, 5.41) is 6.79. The Bertz CT molecular complexity index is 1070. The lowest BCUT2D eigenvalue weighted by atomic mass is 9.84. The number of carbonyl (C=O) groups is 2. The first-order valence-electron chi connectivity index (χ1n) is 11.6. The van der Waals surface area contributed by atoms with Gasteiger partial charge in [-0.3, -0.25) is 9.59 Å². The number of ether oxygens (including phenoxy) is 2. The molecule has 1 aliphatic carbocycles. The van der Waals surface area contributed by atoms with E-state index in [2.05, 4.69) is 0 Å². The third-order valence-electron chi connectivity index (χ3n) is 6.51. The van der Waals surface area contributed by atoms with Crippen LogP contribution in [0.1, 0.15) is 42.9 Å². The Labute approximate surface area is 205 Å². The second-order valence-electron chi connectivity index (χ2n) is 8.61. The zero-order chi connectivity index (χ0) is 24.1. The predicted octanol–water partition coefficient (Wildman–Crippen LogP) is 4.30. The summed E-state index contributed by atoms with van der Waals surface area (Å²) in [7, 11) is 3.20. The Morgan fingerprint density at radius 3 is 2.53 bits per heavy atom. The molecule has 1 heterocycles. The summed E-state index contributed by atoms with van der Waals surface area (Å²) in [6.07, 6.45) is 3.29. The molecule has 180 valence electrons. The number of para-hydroxylation sites is 1. The second-order valence-corrected chi connectivity index (χ2v) is 9.01. The number of halogens is 1. The lowest BCUT2D eigenvalue weighted by Gasteiger charge is -2.32. The smallest absolute Gasteiger partial charge is 0.262 e. The van der Waals surface area contributed by atoms with Gasteiger partial charge in [0.2, 0.25) is 5.91 Å². The number of nitrogens with zero attached hydrogens (tertiary/aromatic N) is 3. The number of hydrogen-bond acceptors (Lipinski definition) is 5. The summed E-state index contributed by atoms with van der Waals surface area (Å²) in [5.41, 5.74) is 2.38. The van der Waals surface area contributed by atoms with Crippen molar-refractivity contribution in [1.29, 1.82) is 0 Å². The molecule has 0 spiro atoms.